The van der Waals surface area contributed by atoms with Crippen LogP contribution in [-0.4, -0.2) is 44.2 Å². The molecule has 0 radical (unpaired) electrons. The average Bonchev–Trinajstić information content (AvgIpc) is 2.71. The molecule has 0 heterocycles. The number of hydrogen-bond acceptors (Lipinski definition) is 4. The molecule has 0 saturated carbocycles. The Morgan fingerprint density at radius 3 is 2.41 bits per heavy atom. The molecule has 0 atom stereocenters. The summed E-state index contributed by atoms with van der Waals surface area (Å²) in [6.07, 6.45) is 1.10. The van der Waals surface area contributed by atoms with Crippen LogP contribution in [0.25, 0.3) is 0 Å². The lowest BCUT2D eigenvalue weighted by Gasteiger charge is -2.19. The van der Waals surface area contributed by atoms with Gasteiger partial charge in [-0.05, 0) is 49.3 Å². The van der Waals surface area contributed by atoms with Gasteiger partial charge in [0.05, 0.1) is 12.8 Å². The molecule has 5 nitrogen and oxygen atoms in total. The van der Waals surface area contributed by atoms with E-state index in [2.05, 4.69) is 24.1 Å². The fourth-order valence-electron chi connectivity index (χ4n) is 2.78. The van der Waals surface area contributed by atoms with Crippen LogP contribution >= 0.6 is 0 Å². The van der Waals surface area contributed by atoms with E-state index in [4.69, 9.17) is 9.47 Å². The number of aryl methyl sites for hydroxylation is 1. The van der Waals surface area contributed by atoms with Gasteiger partial charge >= 0.3 is 0 Å². The Bertz CT molecular complexity index is 697. The molecule has 146 valence electrons. The monoisotopic (exact) mass is 370 g/mol. The fourth-order valence-corrected chi connectivity index (χ4v) is 2.78. The van der Waals surface area contributed by atoms with E-state index < -0.39 is 0 Å². The van der Waals surface area contributed by atoms with E-state index in [9.17, 15) is 4.79 Å². The number of likely N-dealkylation sites (N-methyl/N-ethyl adjacent to an activating group) is 1. The second kappa shape index (κ2) is 11.2. The lowest BCUT2D eigenvalue weighted by atomic mass is 10.1. The summed E-state index contributed by atoms with van der Waals surface area (Å²) in [5.74, 6) is 1.51. The predicted molar refractivity (Wildman–Crippen MR) is 110 cm³/mol. The predicted octanol–water partition coefficient (Wildman–Crippen LogP) is 3.99. The number of hydrogen-bond donors (Lipinski definition) is 1. The molecule has 1 amide bonds. The van der Waals surface area contributed by atoms with Crippen molar-refractivity contribution in [2.24, 2.45) is 0 Å². The van der Waals surface area contributed by atoms with E-state index in [-0.39, 0.29) is 5.91 Å². The van der Waals surface area contributed by atoms with Crippen LogP contribution in [0.2, 0.25) is 0 Å². The summed E-state index contributed by atoms with van der Waals surface area (Å²) in [4.78, 5) is 14.6. The van der Waals surface area contributed by atoms with Gasteiger partial charge in [0.25, 0.3) is 0 Å². The maximum Gasteiger partial charge on any atom is 0.224 e. The van der Waals surface area contributed by atoms with E-state index in [0.717, 1.165) is 36.6 Å². The average molecular weight is 370 g/mol. The van der Waals surface area contributed by atoms with Gasteiger partial charge in [-0.2, -0.15) is 0 Å². The van der Waals surface area contributed by atoms with Crippen LogP contribution in [-0.2, 0) is 11.2 Å². The molecule has 0 aromatic heterocycles. The molecule has 0 aliphatic heterocycles. The second-order valence-corrected chi connectivity index (χ2v) is 6.27. The van der Waals surface area contributed by atoms with Crippen LogP contribution in [0.3, 0.4) is 0 Å². The van der Waals surface area contributed by atoms with E-state index in [0.29, 0.717) is 25.2 Å². The van der Waals surface area contributed by atoms with E-state index in [1.54, 1.807) is 7.11 Å². The molecule has 0 unspecified atom stereocenters. The molecule has 0 bridgehead atoms. The Morgan fingerprint density at radius 1 is 1.04 bits per heavy atom. The molecule has 2 aromatic carbocycles. The number of ether oxygens (including phenoxy) is 2. The third-order valence-electron chi connectivity index (χ3n) is 4.52. The Kier molecular flexibility index (Phi) is 8.65. The molecule has 2 rings (SSSR count). The highest BCUT2D eigenvalue weighted by molar-refractivity contribution is 5.92. The van der Waals surface area contributed by atoms with Crippen molar-refractivity contribution >= 4 is 11.6 Å². The molecule has 0 saturated heterocycles. The van der Waals surface area contributed by atoms with Gasteiger partial charge in [0.15, 0.2) is 0 Å². The third-order valence-corrected chi connectivity index (χ3v) is 4.52. The van der Waals surface area contributed by atoms with Gasteiger partial charge in [-0.3, -0.25) is 4.79 Å². The van der Waals surface area contributed by atoms with Crippen LogP contribution in [0.15, 0.2) is 48.5 Å². The number of nitrogens with zero attached hydrogens (tertiary/aromatic N) is 1. The molecular formula is C22H30N2O3. The summed E-state index contributed by atoms with van der Waals surface area (Å²) in [6.45, 7) is 7.75. The highest BCUT2D eigenvalue weighted by atomic mass is 16.5. The number of nitrogens with one attached hydrogen (secondary N) is 1. The number of methoxy groups -OCH3 is 1. The third kappa shape index (κ3) is 6.94. The molecule has 0 spiro atoms. The second-order valence-electron chi connectivity index (χ2n) is 6.27. The van der Waals surface area contributed by atoms with Crippen LogP contribution in [0, 0.1) is 0 Å². The number of para-hydroxylation sites is 2. The first-order valence-corrected chi connectivity index (χ1v) is 9.53. The van der Waals surface area contributed by atoms with Crippen molar-refractivity contribution in [2.75, 3.05) is 38.7 Å². The lowest BCUT2D eigenvalue weighted by Crippen LogP contribution is -2.28. The van der Waals surface area contributed by atoms with Crippen LogP contribution in [0.5, 0.6) is 11.5 Å². The number of anilines is 1. The van der Waals surface area contributed by atoms with Gasteiger partial charge in [0.1, 0.15) is 18.1 Å². The van der Waals surface area contributed by atoms with Crippen molar-refractivity contribution in [2.45, 2.75) is 26.7 Å². The molecule has 5 heteroatoms. The maximum absolute atomic E-state index is 12.3. The zero-order valence-electron chi connectivity index (χ0n) is 16.5. The van der Waals surface area contributed by atoms with Gasteiger partial charge in [0.2, 0.25) is 5.91 Å². The quantitative estimate of drug-likeness (QED) is 0.650. The van der Waals surface area contributed by atoms with Crippen molar-refractivity contribution in [3.05, 3.63) is 54.1 Å². The summed E-state index contributed by atoms with van der Waals surface area (Å²) in [7, 11) is 1.64. The topological polar surface area (TPSA) is 50.8 Å². The van der Waals surface area contributed by atoms with Gasteiger partial charge in [-0.1, -0.05) is 38.1 Å². The van der Waals surface area contributed by atoms with E-state index >= 15 is 0 Å². The molecule has 2 aromatic rings. The SMILES string of the molecule is CCN(CC)CCOc1ccccc1NC(=O)CCc1ccc(OC)cc1. The zero-order valence-corrected chi connectivity index (χ0v) is 16.5. The maximum atomic E-state index is 12.3. The Balaban J connectivity index is 1.85. The minimum Gasteiger partial charge on any atom is -0.497 e. The molecule has 1 N–H and O–H groups in total. The van der Waals surface area contributed by atoms with E-state index in [1.807, 2.05) is 48.5 Å². The Hall–Kier alpha value is -2.53. The highest BCUT2D eigenvalue weighted by Crippen LogP contribution is 2.24. The molecular weight excluding hydrogens is 340 g/mol. The van der Waals surface area contributed by atoms with Crippen molar-refractivity contribution in [1.29, 1.82) is 0 Å². The molecule has 0 aliphatic carbocycles. The van der Waals surface area contributed by atoms with Gasteiger partial charge in [-0.25, -0.2) is 0 Å². The summed E-state index contributed by atoms with van der Waals surface area (Å²) >= 11 is 0. The van der Waals surface area contributed by atoms with Crippen LogP contribution in [0.1, 0.15) is 25.8 Å². The number of carbonyl (C=O) groups excluding carboxylic acids is 1. The summed E-state index contributed by atoms with van der Waals surface area (Å²) < 4.78 is 11.0. The van der Waals surface area contributed by atoms with Crippen molar-refractivity contribution in [3.63, 3.8) is 0 Å². The summed E-state index contributed by atoms with van der Waals surface area (Å²) in [5, 5.41) is 2.97. The minimum atomic E-state index is -0.0226. The van der Waals surface area contributed by atoms with Crippen molar-refractivity contribution < 1.29 is 14.3 Å². The Labute approximate surface area is 162 Å². The van der Waals surface area contributed by atoms with Gasteiger partial charge in [0, 0.05) is 13.0 Å². The normalized spacial score (nSPS) is 10.7. The first-order chi connectivity index (χ1) is 13.2. The first kappa shape index (κ1) is 20.8. The molecule has 0 fully saturated rings. The Morgan fingerprint density at radius 2 is 1.74 bits per heavy atom. The highest BCUT2D eigenvalue weighted by Gasteiger charge is 2.09. The molecule has 0 aliphatic rings. The van der Waals surface area contributed by atoms with Gasteiger partial charge < -0.3 is 19.7 Å². The molecule has 27 heavy (non-hydrogen) atoms. The van der Waals surface area contributed by atoms with E-state index in [1.165, 1.54) is 0 Å². The van der Waals surface area contributed by atoms with Crippen molar-refractivity contribution in [1.82, 2.24) is 4.90 Å². The zero-order chi connectivity index (χ0) is 19.5. The lowest BCUT2D eigenvalue weighted by molar-refractivity contribution is -0.116. The summed E-state index contributed by atoms with van der Waals surface area (Å²) in [6, 6.07) is 15.4. The number of benzene rings is 2. The standard InChI is InChI=1S/C22H30N2O3/c1-4-24(5-2)16-17-27-21-9-7-6-8-20(21)23-22(25)15-12-18-10-13-19(26-3)14-11-18/h6-11,13-14H,4-5,12,15-17H2,1-3H3,(H,23,25). The van der Waals surface area contributed by atoms with Crippen LogP contribution in [0.4, 0.5) is 5.69 Å². The number of amides is 1. The number of rotatable bonds is 11. The fraction of sp³-hybridized carbons (Fsp3) is 0.409. The number of carbonyl (C=O) groups is 1. The van der Waals surface area contributed by atoms with Crippen molar-refractivity contribution in [3.8, 4) is 11.5 Å². The first-order valence-electron chi connectivity index (χ1n) is 9.53. The smallest absolute Gasteiger partial charge is 0.224 e. The minimum absolute atomic E-state index is 0.0226. The van der Waals surface area contributed by atoms with Crippen LogP contribution < -0.4 is 14.8 Å². The van der Waals surface area contributed by atoms with Gasteiger partial charge in [-0.15, -0.1) is 0 Å². The summed E-state index contributed by atoms with van der Waals surface area (Å²) in [5.41, 5.74) is 1.83. The largest absolute Gasteiger partial charge is 0.497 e.